The fourth-order valence-electron chi connectivity index (χ4n) is 2.64. The Morgan fingerprint density at radius 3 is 2.28 bits per heavy atom. The van der Waals surface area contributed by atoms with Gasteiger partial charge in [0.2, 0.25) is 0 Å². The highest BCUT2D eigenvalue weighted by Crippen LogP contribution is 2.24. The zero-order valence-electron chi connectivity index (χ0n) is 16.3. The SMILES string of the molecule is COc1cc(OC)cc(C(=O)Nc2nc(C(=O)N[C@H](C)c3ccccc3)cs2)c1. The molecule has 0 aliphatic rings. The van der Waals surface area contributed by atoms with Gasteiger partial charge in [-0.15, -0.1) is 11.3 Å². The van der Waals surface area contributed by atoms with E-state index < -0.39 is 0 Å². The number of carbonyl (C=O) groups excluding carboxylic acids is 2. The fourth-order valence-corrected chi connectivity index (χ4v) is 3.32. The van der Waals surface area contributed by atoms with Crippen LogP contribution >= 0.6 is 11.3 Å². The number of hydrogen-bond donors (Lipinski definition) is 2. The minimum absolute atomic E-state index is 0.160. The average Bonchev–Trinajstić information content (AvgIpc) is 3.22. The molecule has 0 bridgehead atoms. The molecule has 0 aliphatic carbocycles. The molecule has 3 aromatic rings. The van der Waals surface area contributed by atoms with E-state index in [9.17, 15) is 9.59 Å². The molecule has 0 saturated heterocycles. The van der Waals surface area contributed by atoms with Crippen molar-refractivity contribution in [3.63, 3.8) is 0 Å². The molecule has 0 radical (unpaired) electrons. The second-order valence-electron chi connectivity index (χ2n) is 6.20. The van der Waals surface area contributed by atoms with Gasteiger partial charge in [-0.2, -0.15) is 0 Å². The van der Waals surface area contributed by atoms with Gasteiger partial charge in [0.25, 0.3) is 11.8 Å². The summed E-state index contributed by atoms with van der Waals surface area (Å²) in [6.45, 7) is 1.90. The summed E-state index contributed by atoms with van der Waals surface area (Å²) in [5, 5.41) is 7.53. The summed E-state index contributed by atoms with van der Waals surface area (Å²) >= 11 is 1.18. The van der Waals surface area contributed by atoms with Gasteiger partial charge in [0, 0.05) is 17.0 Å². The highest BCUT2D eigenvalue weighted by Gasteiger charge is 2.16. The Labute approximate surface area is 172 Å². The van der Waals surface area contributed by atoms with Gasteiger partial charge in [0.1, 0.15) is 17.2 Å². The van der Waals surface area contributed by atoms with Gasteiger partial charge >= 0.3 is 0 Å². The first-order chi connectivity index (χ1) is 14.0. The Balaban J connectivity index is 1.67. The van der Waals surface area contributed by atoms with Crippen molar-refractivity contribution in [1.82, 2.24) is 10.3 Å². The molecule has 3 rings (SSSR count). The number of thiazole rings is 1. The summed E-state index contributed by atoms with van der Waals surface area (Å²) in [6, 6.07) is 14.4. The number of carbonyl (C=O) groups is 2. The van der Waals surface area contributed by atoms with Crippen LogP contribution in [-0.4, -0.2) is 31.0 Å². The summed E-state index contributed by atoms with van der Waals surface area (Å²) in [7, 11) is 3.03. The number of nitrogens with one attached hydrogen (secondary N) is 2. The molecule has 2 amide bonds. The number of methoxy groups -OCH3 is 2. The summed E-state index contributed by atoms with van der Waals surface area (Å²) in [6.07, 6.45) is 0. The highest BCUT2D eigenvalue weighted by molar-refractivity contribution is 7.14. The van der Waals surface area contributed by atoms with E-state index in [1.165, 1.54) is 25.6 Å². The van der Waals surface area contributed by atoms with Gasteiger partial charge in [-0.3, -0.25) is 14.9 Å². The molecule has 7 nitrogen and oxygen atoms in total. The van der Waals surface area contributed by atoms with E-state index in [1.807, 2.05) is 37.3 Å². The van der Waals surface area contributed by atoms with E-state index in [1.54, 1.807) is 23.6 Å². The molecule has 2 N–H and O–H groups in total. The molecule has 150 valence electrons. The number of anilines is 1. The zero-order chi connectivity index (χ0) is 20.8. The third kappa shape index (κ3) is 5.11. The molecule has 0 unspecified atom stereocenters. The second-order valence-corrected chi connectivity index (χ2v) is 7.06. The predicted octanol–water partition coefficient (Wildman–Crippen LogP) is 3.90. The van der Waals surface area contributed by atoms with Crippen LogP contribution in [0, 0.1) is 0 Å². The average molecular weight is 411 g/mol. The molecule has 29 heavy (non-hydrogen) atoms. The maximum absolute atomic E-state index is 12.5. The van der Waals surface area contributed by atoms with Crippen LogP contribution in [0.15, 0.2) is 53.9 Å². The number of ether oxygens (including phenoxy) is 2. The van der Waals surface area contributed by atoms with Crippen LogP contribution in [0.4, 0.5) is 5.13 Å². The number of rotatable bonds is 7. The molecular weight excluding hydrogens is 390 g/mol. The minimum Gasteiger partial charge on any atom is -0.497 e. The molecule has 0 spiro atoms. The van der Waals surface area contributed by atoms with E-state index in [0.717, 1.165) is 5.56 Å². The van der Waals surface area contributed by atoms with E-state index in [2.05, 4.69) is 15.6 Å². The smallest absolute Gasteiger partial charge is 0.271 e. The zero-order valence-corrected chi connectivity index (χ0v) is 17.1. The van der Waals surface area contributed by atoms with Gasteiger partial charge in [0.05, 0.1) is 20.3 Å². The number of nitrogens with zero attached hydrogens (tertiary/aromatic N) is 1. The van der Waals surface area contributed by atoms with Crippen molar-refractivity contribution in [3.05, 3.63) is 70.7 Å². The molecule has 0 aliphatic heterocycles. The van der Waals surface area contributed by atoms with Crippen molar-refractivity contribution < 1.29 is 19.1 Å². The first-order valence-corrected chi connectivity index (χ1v) is 9.74. The Morgan fingerprint density at radius 2 is 1.66 bits per heavy atom. The number of benzene rings is 2. The van der Waals surface area contributed by atoms with E-state index in [4.69, 9.17) is 9.47 Å². The van der Waals surface area contributed by atoms with Gasteiger partial charge in [-0.25, -0.2) is 4.98 Å². The molecule has 1 aromatic heterocycles. The monoisotopic (exact) mass is 411 g/mol. The maximum Gasteiger partial charge on any atom is 0.271 e. The Kier molecular flexibility index (Phi) is 6.46. The normalized spacial score (nSPS) is 11.4. The third-order valence-electron chi connectivity index (χ3n) is 4.22. The second kappa shape index (κ2) is 9.20. The third-order valence-corrected chi connectivity index (χ3v) is 4.98. The van der Waals surface area contributed by atoms with Crippen LogP contribution in [0.25, 0.3) is 0 Å². The van der Waals surface area contributed by atoms with Crippen LogP contribution in [0.3, 0.4) is 0 Å². The summed E-state index contributed by atoms with van der Waals surface area (Å²) in [5.41, 5.74) is 1.60. The van der Waals surface area contributed by atoms with Crippen molar-refractivity contribution in [3.8, 4) is 11.5 Å². The van der Waals surface area contributed by atoms with E-state index >= 15 is 0 Å². The van der Waals surface area contributed by atoms with Crippen molar-refractivity contribution in [2.45, 2.75) is 13.0 Å². The molecule has 1 heterocycles. The highest BCUT2D eigenvalue weighted by atomic mass is 32.1. The topological polar surface area (TPSA) is 89.6 Å². The van der Waals surface area contributed by atoms with E-state index in [-0.39, 0.29) is 23.6 Å². The first kappa shape index (κ1) is 20.3. The predicted molar refractivity (Wildman–Crippen MR) is 112 cm³/mol. The van der Waals surface area contributed by atoms with Gasteiger partial charge in [-0.1, -0.05) is 30.3 Å². The van der Waals surface area contributed by atoms with Crippen LogP contribution < -0.4 is 20.1 Å². The maximum atomic E-state index is 12.5. The Morgan fingerprint density at radius 1 is 1.00 bits per heavy atom. The van der Waals surface area contributed by atoms with Gasteiger partial charge < -0.3 is 14.8 Å². The number of amides is 2. The molecular formula is C21H21N3O4S. The lowest BCUT2D eigenvalue weighted by atomic mass is 10.1. The number of hydrogen-bond acceptors (Lipinski definition) is 6. The van der Waals surface area contributed by atoms with Gasteiger partial charge in [-0.05, 0) is 24.6 Å². The van der Waals surface area contributed by atoms with Crippen molar-refractivity contribution in [1.29, 1.82) is 0 Å². The molecule has 8 heteroatoms. The quantitative estimate of drug-likeness (QED) is 0.615. The largest absolute Gasteiger partial charge is 0.497 e. The fraction of sp³-hybridized carbons (Fsp3) is 0.190. The molecule has 1 atom stereocenters. The summed E-state index contributed by atoms with van der Waals surface area (Å²) < 4.78 is 10.4. The lowest BCUT2D eigenvalue weighted by molar-refractivity contribution is 0.0934. The minimum atomic E-state index is -0.374. The van der Waals surface area contributed by atoms with Crippen LogP contribution in [0.5, 0.6) is 11.5 Å². The number of aromatic nitrogens is 1. The lowest BCUT2D eigenvalue weighted by Crippen LogP contribution is -2.26. The molecule has 0 saturated carbocycles. The van der Waals surface area contributed by atoms with Crippen molar-refractivity contribution in [2.75, 3.05) is 19.5 Å². The standard InChI is InChI=1S/C21H21N3O4S/c1-13(14-7-5-4-6-8-14)22-20(26)18-12-29-21(23-18)24-19(25)15-9-16(27-2)11-17(10-15)28-3/h4-13H,1-3H3,(H,22,26)(H,23,24,25)/t13-/m1/s1. The van der Waals surface area contributed by atoms with Crippen LogP contribution in [0.2, 0.25) is 0 Å². The van der Waals surface area contributed by atoms with Crippen molar-refractivity contribution >= 4 is 28.3 Å². The Hall–Kier alpha value is -3.39. The lowest BCUT2D eigenvalue weighted by Gasteiger charge is -2.13. The van der Waals surface area contributed by atoms with E-state index in [0.29, 0.717) is 22.2 Å². The molecule has 2 aromatic carbocycles. The summed E-state index contributed by atoms with van der Waals surface area (Å²) in [4.78, 5) is 29.2. The Bertz CT molecular complexity index is 982. The summed E-state index contributed by atoms with van der Waals surface area (Å²) in [5.74, 6) is 0.328. The molecule has 0 fully saturated rings. The first-order valence-electron chi connectivity index (χ1n) is 8.86. The van der Waals surface area contributed by atoms with Crippen molar-refractivity contribution in [2.24, 2.45) is 0 Å². The van der Waals surface area contributed by atoms with Crippen LogP contribution in [0.1, 0.15) is 39.4 Å². The van der Waals surface area contributed by atoms with Gasteiger partial charge in [0.15, 0.2) is 5.13 Å². The van der Waals surface area contributed by atoms with Crippen LogP contribution in [-0.2, 0) is 0 Å².